The van der Waals surface area contributed by atoms with E-state index in [9.17, 15) is 0 Å². The molecule has 0 saturated carbocycles. The van der Waals surface area contributed by atoms with Gasteiger partial charge >= 0.3 is 0 Å². The number of hydrogen-bond acceptors (Lipinski definition) is 4. The van der Waals surface area contributed by atoms with E-state index < -0.39 is 0 Å². The van der Waals surface area contributed by atoms with Gasteiger partial charge in [-0.1, -0.05) is 6.07 Å². The molecule has 0 radical (unpaired) electrons. The molecule has 0 fully saturated rings. The van der Waals surface area contributed by atoms with E-state index in [0.717, 1.165) is 34.5 Å². The Morgan fingerprint density at radius 3 is 2.95 bits per heavy atom. The first-order valence-corrected chi connectivity index (χ1v) is 6.28. The molecule has 2 N–H and O–H groups in total. The van der Waals surface area contributed by atoms with E-state index in [4.69, 9.17) is 10.2 Å². The maximum absolute atomic E-state index is 5.56. The first kappa shape index (κ1) is 11.9. The van der Waals surface area contributed by atoms with E-state index in [1.165, 1.54) is 0 Å². The third-order valence-corrected chi connectivity index (χ3v) is 3.12. The summed E-state index contributed by atoms with van der Waals surface area (Å²) >= 11 is 0. The van der Waals surface area contributed by atoms with E-state index in [0.29, 0.717) is 12.4 Å². The Morgan fingerprint density at radius 2 is 2.16 bits per heavy atom. The molecule has 0 saturated heterocycles. The molecule has 2 aromatic heterocycles. The molecule has 98 valence electrons. The molecule has 3 rings (SSSR count). The number of nitrogens with two attached hydrogens (primary N) is 1. The van der Waals surface area contributed by atoms with E-state index in [1.807, 2.05) is 36.9 Å². The minimum absolute atomic E-state index is 0.608. The highest BCUT2D eigenvalue weighted by Crippen LogP contribution is 2.25. The van der Waals surface area contributed by atoms with Gasteiger partial charge in [-0.05, 0) is 24.7 Å². The van der Waals surface area contributed by atoms with Crippen molar-refractivity contribution < 1.29 is 4.42 Å². The molecule has 0 spiro atoms. The maximum atomic E-state index is 5.56. The van der Waals surface area contributed by atoms with Crippen LogP contribution in [0.4, 0.5) is 0 Å². The van der Waals surface area contributed by atoms with Crippen LogP contribution in [0.1, 0.15) is 11.6 Å². The quantitative estimate of drug-likeness (QED) is 0.778. The molecule has 0 amide bonds. The van der Waals surface area contributed by atoms with E-state index in [2.05, 4.69) is 16.1 Å². The standard InChI is InChI=1S/C14H16N4O/c1-9-16-12-4-3-10(7-14(12)19-9)13-8-11(5-6-15)17-18(13)2/h3-4,7-8H,5-6,15H2,1-2H3. The zero-order valence-electron chi connectivity index (χ0n) is 11.1. The van der Waals surface area contributed by atoms with Crippen molar-refractivity contribution in [1.29, 1.82) is 0 Å². The highest BCUT2D eigenvalue weighted by molar-refractivity contribution is 5.79. The van der Waals surface area contributed by atoms with Gasteiger partial charge in [-0.15, -0.1) is 0 Å². The van der Waals surface area contributed by atoms with Crippen LogP contribution in [-0.2, 0) is 13.5 Å². The summed E-state index contributed by atoms with van der Waals surface area (Å²) in [4.78, 5) is 4.30. The molecule has 1 aromatic carbocycles. The van der Waals surface area contributed by atoms with Gasteiger partial charge < -0.3 is 10.2 Å². The van der Waals surface area contributed by atoms with Crippen LogP contribution < -0.4 is 5.73 Å². The molecule has 5 nitrogen and oxygen atoms in total. The van der Waals surface area contributed by atoms with Crippen LogP contribution >= 0.6 is 0 Å². The highest BCUT2D eigenvalue weighted by atomic mass is 16.3. The maximum Gasteiger partial charge on any atom is 0.192 e. The Morgan fingerprint density at radius 1 is 1.32 bits per heavy atom. The lowest BCUT2D eigenvalue weighted by molar-refractivity contribution is 0.561. The molecule has 0 aliphatic rings. The number of hydrogen-bond donors (Lipinski definition) is 1. The molecule has 0 aliphatic carbocycles. The van der Waals surface area contributed by atoms with Gasteiger partial charge in [-0.2, -0.15) is 5.10 Å². The second-order valence-corrected chi connectivity index (χ2v) is 4.60. The Kier molecular flexibility index (Phi) is 2.83. The monoisotopic (exact) mass is 256 g/mol. The number of benzene rings is 1. The van der Waals surface area contributed by atoms with Gasteiger partial charge in [0.2, 0.25) is 0 Å². The third-order valence-electron chi connectivity index (χ3n) is 3.12. The van der Waals surface area contributed by atoms with Gasteiger partial charge in [0.1, 0.15) is 5.52 Å². The molecular weight excluding hydrogens is 240 g/mol. The van der Waals surface area contributed by atoms with Crippen molar-refractivity contribution in [3.63, 3.8) is 0 Å². The predicted octanol–water partition coefficient (Wildman–Crippen LogP) is 2.04. The van der Waals surface area contributed by atoms with Gasteiger partial charge in [0.05, 0.1) is 11.4 Å². The molecule has 0 atom stereocenters. The zero-order chi connectivity index (χ0) is 13.4. The lowest BCUT2D eigenvalue weighted by atomic mass is 10.1. The average molecular weight is 256 g/mol. The van der Waals surface area contributed by atoms with Crippen molar-refractivity contribution in [1.82, 2.24) is 14.8 Å². The van der Waals surface area contributed by atoms with Gasteiger partial charge in [-0.3, -0.25) is 4.68 Å². The molecule has 0 unspecified atom stereocenters. The molecule has 0 bridgehead atoms. The van der Waals surface area contributed by atoms with E-state index in [1.54, 1.807) is 0 Å². The second kappa shape index (κ2) is 4.51. The van der Waals surface area contributed by atoms with Crippen molar-refractivity contribution in [2.75, 3.05) is 6.54 Å². The number of oxazole rings is 1. The summed E-state index contributed by atoms with van der Waals surface area (Å²) in [5.74, 6) is 0.681. The van der Waals surface area contributed by atoms with Crippen LogP contribution in [0.2, 0.25) is 0 Å². The third kappa shape index (κ3) is 2.13. The first-order valence-electron chi connectivity index (χ1n) is 6.28. The van der Waals surface area contributed by atoms with E-state index >= 15 is 0 Å². The van der Waals surface area contributed by atoms with Crippen LogP contribution in [0.5, 0.6) is 0 Å². The van der Waals surface area contributed by atoms with Crippen molar-refractivity contribution in [2.24, 2.45) is 12.8 Å². The summed E-state index contributed by atoms with van der Waals surface area (Å²) < 4.78 is 7.43. The lowest BCUT2D eigenvalue weighted by Crippen LogP contribution is -2.03. The van der Waals surface area contributed by atoms with Crippen molar-refractivity contribution in [3.8, 4) is 11.3 Å². The summed E-state index contributed by atoms with van der Waals surface area (Å²) in [7, 11) is 1.94. The van der Waals surface area contributed by atoms with Crippen LogP contribution in [0, 0.1) is 6.92 Å². The van der Waals surface area contributed by atoms with E-state index in [-0.39, 0.29) is 0 Å². The van der Waals surface area contributed by atoms with Crippen molar-refractivity contribution in [3.05, 3.63) is 35.9 Å². The normalized spacial score (nSPS) is 11.3. The summed E-state index contributed by atoms with van der Waals surface area (Å²) in [6.45, 7) is 2.46. The zero-order valence-corrected chi connectivity index (χ0v) is 11.1. The van der Waals surface area contributed by atoms with Crippen LogP contribution in [0.3, 0.4) is 0 Å². The Labute approximate surface area is 111 Å². The fraction of sp³-hybridized carbons (Fsp3) is 0.286. The summed E-state index contributed by atoms with van der Waals surface area (Å²) in [6, 6.07) is 8.07. The molecule has 0 aliphatic heterocycles. The molecule has 19 heavy (non-hydrogen) atoms. The van der Waals surface area contributed by atoms with Gasteiger partial charge in [-0.25, -0.2) is 4.98 Å². The predicted molar refractivity (Wildman–Crippen MR) is 73.7 cm³/mol. The number of aryl methyl sites for hydroxylation is 2. The second-order valence-electron chi connectivity index (χ2n) is 4.60. The minimum atomic E-state index is 0.608. The SMILES string of the molecule is Cc1nc2ccc(-c3cc(CCN)nn3C)cc2o1. The Bertz CT molecular complexity index is 726. The molecule has 2 heterocycles. The lowest BCUT2D eigenvalue weighted by Gasteiger charge is -2.00. The van der Waals surface area contributed by atoms with Gasteiger partial charge in [0, 0.05) is 26.0 Å². The largest absolute Gasteiger partial charge is 0.441 e. The van der Waals surface area contributed by atoms with Crippen LogP contribution in [0.25, 0.3) is 22.4 Å². The molecule has 3 aromatic rings. The molecular formula is C14H16N4O. The summed E-state index contributed by atoms with van der Waals surface area (Å²) in [5.41, 5.74) is 10.4. The van der Waals surface area contributed by atoms with Crippen molar-refractivity contribution in [2.45, 2.75) is 13.3 Å². The van der Waals surface area contributed by atoms with Gasteiger partial charge in [0.15, 0.2) is 11.5 Å². The fourth-order valence-corrected chi connectivity index (χ4v) is 2.27. The Balaban J connectivity index is 2.07. The minimum Gasteiger partial charge on any atom is -0.441 e. The van der Waals surface area contributed by atoms with Crippen LogP contribution in [-0.4, -0.2) is 21.3 Å². The number of fused-ring (bicyclic) bond motifs is 1. The molecule has 5 heteroatoms. The highest BCUT2D eigenvalue weighted by Gasteiger charge is 2.09. The van der Waals surface area contributed by atoms with Gasteiger partial charge in [0.25, 0.3) is 0 Å². The van der Waals surface area contributed by atoms with Crippen LogP contribution in [0.15, 0.2) is 28.7 Å². The smallest absolute Gasteiger partial charge is 0.192 e. The summed E-state index contributed by atoms with van der Waals surface area (Å²) in [5, 5.41) is 4.45. The van der Waals surface area contributed by atoms with Crippen molar-refractivity contribution >= 4 is 11.1 Å². The average Bonchev–Trinajstić information content (AvgIpc) is 2.90. The fourth-order valence-electron chi connectivity index (χ4n) is 2.27. The number of rotatable bonds is 3. The summed E-state index contributed by atoms with van der Waals surface area (Å²) in [6.07, 6.45) is 0.789. The number of aromatic nitrogens is 3. The topological polar surface area (TPSA) is 69.9 Å². The Hall–Kier alpha value is -2.14. The number of nitrogens with zero attached hydrogens (tertiary/aromatic N) is 3. The first-order chi connectivity index (χ1) is 9.17.